The maximum atomic E-state index is 14.0. The molecule has 0 unspecified atom stereocenters. The number of hydrogen-bond donors (Lipinski definition) is 1. The summed E-state index contributed by atoms with van der Waals surface area (Å²) in [5, 5.41) is 0.863. The number of pyridine rings is 1. The lowest BCUT2D eigenvalue weighted by molar-refractivity contribution is 0.0600. The van der Waals surface area contributed by atoms with Gasteiger partial charge in [-0.1, -0.05) is 6.08 Å². The van der Waals surface area contributed by atoms with E-state index in [4.69, 9.17) is 9.47 Å². The van der Waals surface area contributed by atoms with E-state index >= 15 is 0 Å². The minimum Gasteiger partial charge on any atom is -0.496 e. The third-order valence-electron chi connectivity index (χ3n) is 6.38. The molecule has 4 aromatic rings. The molecule has 182 valence electrons. The van der Waals surface area contributed by atoms with Gasteiger partial charge in [-0.25, -0.2) is 14.2 Å². The van der Waals surface area contributed by atoms with Crippen LogP contribution in [0.2, 0.25) is 0 Å². The van der Waals surface area contributed by atoms with Crippen LogP contribution in [-0.4, -0.2) is 54.1 Å². The Kier molecular flexibility index (Phi) is 6.25. The number of esters is 1. The average molecular weight is 486 g/mol. The number of fused-ring (bicyclic) bond motifs is 1. The van der Waals surface area contributed by atoms with E-state index in [-0.39, 0.29) is 11.7 Å². The third kappa shape index (κ3) is 4.33. The number of benzene rings is 2. The molecule has 0 saturated heterocycles. The Morgan fingerprint density at radius 2 is 1.78 bits per heavy atom. The van der Waals surface area contributed by atoms with Crippen LogP contribution in [0.4, 0.5) is 4.39 Å². The molecule has 1 amide bonds. The van der Waals surface area contributed by atoms with E-state index in [9.17, 15) is 14.0 Å². The molecule has 1 aliphatic rings. The molecule has 0 atom stereocenters. The Bertz CT molecular complexity index is 1490. The summed E-state index contributed by atoms with van der Waals surface area (Å²) in [4.78, 5) is 34.2. The number of carbonyl (C=O) groups is 2. The van der Waals surface area contributed by atoms with Crippen LogP contribution in [0.25, 0.3) is 27.7 Å². The highest BCUT2D eigenvalue weighted by Crippen LogP contribution is 2.36. The summed E-state index contributed by atoms with van der Waals surface area (Å²) in [7, 11) is 2.88. The van der Waals surface area contributed by atoms with Crippen LogP contribution in [0.15, 0.2) is 66.9 Å². The number of carbonyl (C=O) groups excluding carboxylic acids is 2. The highest BCUT2D eigenvalue weighted by atomic mass is 19.1. The minimum absolute atomic E-state index is 0.0967. The van der Waals surface area contributed by atoms with Crippen molar-refractivity contribution in [2.45, 2.75) is 6.42 Å². The lowest BCUT2D eigenvalue weighted by Gasteiger charge is -2.26. The lowest BCUT2D eigenvalue weighted by Crippen LogP contribution is -2.34. The smallest absolute Gasteiger partial charge is 0.337 e. The predicted molar refractivity (Wildman–Crippen MR) is 134 cm³/mol. The van der Waals surface area contributed by atoms with Crippen LogP contribution in [0.5, 0.6) is 5.75 Å². The normalized spacial score (nSPS) is 13.4. The van der Waals surface area contributed by atoms with Crippen molar-refractivity contribution in [3.63, 3.8) is 0 Å². The van der Waals surface area contributed by atoms with Crippen molar-refractivity contribution in [1.29, 1.82) is 0 Å². The van der Waals surface area contributed by atoms with Gasteiger partial charge in [0.15, 0.2) is 0 Å². The Hall–Kier alpha value is -4.46. The predicted octanol–water partition coefficient (Wildman–Crippen LogP) is 5.09. The minimum atomic E-state index is -0.439. The number of rotatable bonds is 5. The molecule has 1 aliphatic heterocycles. The van der Waals surface area contributed by atoms with E-state index in [1.54, 1.807) is 48.5 Å². The van der Waals surface area contributed by atoms with Gasteiger partial charge in [-0.3, -0.25) is 4.79 Å². The number of nitrogens with one attached hydrogen (secondary N) is 1. The molecule has 8 heteroatoms. The molecule has 3 heterocycles. The van der Waals surface area contributed by atoms with Gasteiger partial charge in [0.25, 0.3) is 5.91 Å². The number of ether oxygens (including phenoxy) is 2. The first-order chi connectivity index (χ1) is 17.5. The van der Waals surface area contributed by atoms with Crippen molar-refractivity contribution in [1.82, 2.24) is 14.9 Å². The van der Waals surface area contributed by atoms with Gasteiger partial charge in [-0.15, -0.1) is 0 Å². The lowest BCUT2D eigenvalue weighted by atomic mass is 10.0. The highest BCUT2D eigenvalue weighted by Gasteiger charge is 2.21. The summed E-state index contributed by atoms with van der Waals surface area (Å²) >= 11 is 0. The molecule has 0 spiro atoms. The zero-order chi connectivity index (χ0) is 25.2. The van der Waals surface area contributed by atoms with E-state index < -0.39 is 5.97 Å². The number of aromatic nitrogens is 2. The SMILES string of the molecule is COC(=O)c1ccc(C(=O)N2CC=C(c3cc4c(-c5cc(F)ccc5OC)ccnc4[nH]3)CC2)cc1. The summed E-state index contributed by atoms with van der Waals surface area (Å²) < 4.78 is 24.2. The summed E-state index contributed by atoms with van der Waals surface area (Å²) in [5.74, 6) is -0.296. The molecule has 1 N–H and O–H groups in total. The summed E-state index contributed by atoms with van der Waals surface area (Å²) in [6, 6.07) is 14.8. The van der Waals surface area contributed by atoms with Crippen LogP contribution in [-0.2, 0) is 4.74 Å². The first-order valence-electron chi connectivity index (χ1n) is 11.5. The molecular weight excluding hydrogens is 461 g/mol. The fourth-order valence-electron chi connectivity index (χ4n) is 4.47. The number of halogens is 1. The van der Waals surface area contributed by atoms with Crippen LogP contribution in [0, 0.1) is 5.82 Å². The monoisotopic (exact) mass is 485 g/mol. The number of nitrogens with zero attached hydrogens (tertiary/aromatic N) is 2. The second kappa shape index (κ2) is 9.65. The van der Waals surface area contributed by atoms with E-state index in [0.717, 1.165) is 22.2 Å². The summed E-state index contributed by atoms with van der Waals surface area (Å²) in [6.07, 6.45) is 4.37. The quantitative estimate of drug-likeness (QED) is 0.398. The second-order valence-corrected chi connectivity index (χ2v) is 8.45. The fourth-order valence-corrected chi connectivity index (χ4v) is 4.47. The van der Waals surface area contributed by atoms with Gasteiger partial charge in [0.05, 0.1) is 19.8 Å². The number of H-pyrrole nitrogens is 1. The Balaban J connectivity index is 1.38. The number of methoxy groups -OCH3 is 2. The number of hydrogen-bond acceptors (Lipinski definition) is 5. The number of aromatic amines is 1. The molecule has 36 heavy (non-hydrogen) atoms. The Morgan fingerprint density at radius 3 is 2.47 bits per heavy atom. The van der Waals surface area contributed by atoms with Crippen molar-refractivity contribution >= 4 is 28.5 Å². The van der Waals surface area contributed by atoms with Crippen molar-refractivity contribution in [2.75, 3.05) is 27.3 Å². The topological polar surface area (TPSA) is 84.5 Å². The van der Waals surface area contributed by atoms with Crippen LogP contribution >= 0.6 is 0 Å². The van der Waals surface area contributed by atoms with Gasteiger partial charge < -0.3 is 19.4 Å². The molecule has 2 aromatic carbocycles. The summed E-state index contributed by atoms with van der Waals surface area (Å²) in [6.45, 7) is 1.01. The molecule has 7 nitrogen and oxygen atoms in total. The van der Waals surface area contributed by atoms with Gasteiger partial charge in [-0.2, -0.15) is 0 Å². The Morgan fingerprint density at radius 1 is 1.00 bits per heavy atom. The Labute approximate surface area is 207 Å². The fraction of sp³-hybridized carbons (Fsp3) is 0.179. The van der Waals surface area contributed by atoms with E-state index in [2.05, 4.69) is 9.97 Å². The van der Waals surface area contributed by atoms with Gasteiger partial charge in [0.1, 0.15) is 17.2 Å². The first kappa shape index (κ1) is 23.3. The second-order valence-electron chi connectivity index (χ2n) is 8.45. The van der Waals surface area contributed by atoms with E-state index in [0.29, 0.717) is 47.6 Å². The zero-order valence-corrected chi connectivity index (χ0v) is 19.9. The molecule has 5 rings (SSSR count). The number of amides is 1. The summed E-state index contributed by atoms with van der Waals surface area (Å²) in [5.41, 5.74) is 5.08. The van der Waals surface area contributed by atoms with Crippen molar-refractivity contribution in [2.24, 2.45) is 0 Å². The van der Waals surface area contributed by atoms with Crippen LogP contribution in [0.1, 0.15) is 32.8 Å². The molecule has 0 radical (unpaired) electrons. The zero-order valence-electron chi connectivity index (χ0n) is 19.9. The van der Waals surface area contributed by atoms with Gasteiger partial charge >= 0.3 is 5.97 Å². The molecule has 0 bridgehead atoms. The highest BCUT2D eigenvalue weighted by molar-refractivity contribution is 5.98. The molecule has 0 fully saturated rings. The third-order valence-corrected chi connectivity index (χ3v) is 6.38. The standard InChI is InChI=1S/C28H24FN3O4/c1-35-25-8-7-20(29)15-22(25)21-9-12-30-26-23(21)16-24(31-26)17-10-13-32(14-11-17)27(33)18-3-5-19(6-4-18)28(34)36-2/h3-10,12,15-16H,11,13-14H2,1-2H3,(H,30,31). The molecule has 0 aliphatic carbocycles. The van der Waals surface area contributed by atoms with Crippen molar-refractivity contribution < 1.29 is 23.5 Å². The van der Waals surface area contributed by atoms with E-state index in [1.165, 1.54) is 19.2 Å². The van der Waals surface area contributed by atoms with Gasteiger partial charge in [0, 0.05) is 41.5 Å². The van der Waals surface area contributed by atoms with Crippen molar-refractivity contribution in [3.05, 3.63) is 89.5 Å². The molecule has 2 aromatic heterocycles. The maximum Gasteiger partial charge on any atom is 0.337 e. The molecule has 0 saturated carbocycles. The largest absolute Gasteiger partial charge is 0.496 e. The van der Waals surface area contributed by atoms with E-state index in [1.807, 2.05) is 18.2 Å². The average Bonchev–Trinajstić information content (AvgIpc) is 3.37. The first-order valence-corrected chi connectivity index (χ1v) is 11.5. The van der Waals surface area contributed by atoms with Gasteiger partial charge in [0.2, 0.25) is 0 Å². The van der Waals surface area contributed by atoms with Crippen molar-refractivity contribution in [3.8, 4) is 16.9 Å². The van der Waals surface area contributed by atoms with Crippen LogP contribution in [0.3, 0.4) is 0 Å². The molecular formula is C28H24FN3O4. The maximum absolute atomic E-state index is 14.0. The van der Waals surface area contributed by atoms with Crippen LogP contribution < -0.4 is 4.74 Å². The van der Waals surface area contributed by atoms with Gasteiger partial charge in [-0.05, 0) is 72.2 Å².